The predicted octanol–water partition coefficient (Wildman–Crippen LogP) is 3.35. The molecule has 0 saturated carbocycles. The molecule has 0 amide bonds. The predicted molar refractivity (Wildman–Crippen MR) is 65.8 cm³/mol. The highest BCUT2D eigenvalue weighted by atomic mass is 19.1. The highest BCUT2D eigenvalue weighted by Crippen LogP contribution is 2.04. The lowest BCUT2D eigenvalue weighted by Gasteiger charge is -1.96. The SMILES string of the molecule is CC/C=C/COC(=O)/C=C/c1ccc(F)cc1. The van der Waals surface area contributed by atoms with Gasteiger partial charge in [0.1, 0.15) is 12.4 Å². The molecule has 0 heterocycles. The Balaban J connectivity index is 2.40. The fraction of sp³-hybridized carbons (Fsp3) is 0.214. The summed E-state index contributed by atoms with van der Waals surface area (Å²) >= 11 is 0. The van der Waals surface area contributed by atoms with Crippen LogP contribution in [0.1, 0.15) is 18.9 Å². The van der Waals surface area contributed by atoms with Gasteiger partial charge in [-0.15, -0.1) is 0 Å². The molecule has 1 aromatic rings. The van der Waals surface area contributed by atoms with E-state index >= 15 is 0 Å². The highest BCUT2D eigenvalue weighted by Gasteiger charge is 1.94. The van der Waals surface area contributed by atoms with Crippen molar-refractivity contribution >= 4 is 12.0 Å². The largest absolute Gasteiger partial charge is 0.458 e. The third-order valence-electron chi connectivity index (χ3n) is 2.01. The molecule has 2 nitrogen and oxygen atoms in total. The fourth-order valence-electron chi connectivity index (χ4n) is 1.15. The van der Waals surface area contributed by atoms with Gasteiger partial charge in [-0.05, 0) is 30.2 Å². The first-order chi connectivity index (χ1) is 8.22. The second kappa shape index (κ2) is 7.39. The second-order valence-electron chi connectivity index (χ2n) is 3.39. The van der Waals surface area contributed by atoms with E-state index in [1.807, 2.05) is 13.0 Å². The topological polar surface area (TPSA) is 26.3 Å². The van der Waals surface area contributed by atoms with Crippen LogP contribution in [-0.4, -0.2) is 12.6 Å². The Morgan fingerprint density at radius 3 is 2.65 bits per heavy atom. The molecule has 0 radical (unpaired) electrons. The molecule has 0 saturated heterocycles. The molecule has 0 fully saturated rings. The van der Waals surface area contributed by atoms with Crippen LogP contribution < -0.4 is 0 Å². The lowest BCUT2D eigenvalue weighted by atomic mass is 10.2. The van der Waals surface area contributed by atoms with Crippen molar-refractivity contribution in [2.24, 2.45) is 0 Å². The van der Waals surface area contributed by atoms with Crippen LogP contribution in [0.3, 0.4) is 0 Å². The van der Waals surface area contributed by atoms with Gasteiger partial charge in [0, 0.05) is 6.08 Å². The van der Waals surface area contributed by atoms with Gasteiger partial charge in [-0.3, -0.25) is 0 Å². The first-order valence-electron chi connectivity index (χ1n) is 5.47. The van der Waals surface area contributed by atoms with E-state index in [4.69, 9.17) is 4.74 Å². The normalized spacial score (nSPS) is 11.2. The molecule has 1 rings (SSSR count). The molecule has 90 valence electrons. The smallest absolute Gasteiger partial charge is 0.331 e. The van der Waals surface area contributed by atoms with Crippen LogP contribution in [-0.2, 0) is 9.53 Å². The number of allylic oxidation sites excluding steroid dienone is 1. The number of carbonyl (C=O) groups excluding carboxylic acids is 1. The summed E-state index contributed by atoms with van der Waals surface area (Å²) < 4.78 is 17.5. The Labute approximate surface area is 100 Å². The summed E-state index contributed by atoms with van der Waals surface area (Å²) in [5, 5.41) is 0. The molecule has 3 heteroatoms. The number of rotatable bonds is 5. The first-order valence-corrected chi connectivity index (χ1v) is 5.47. The van der Waals surface area contributed by atoms with E-state index in [0.717, 1.165) is 12.0 Å². The number of halogens is 1. The van der Waals surface area contributed by atoms with Gasteiger partial charge in [-0.2, -0.15) is 0 Å². The summed E-state index contributed by atoms with van der Waals surface area (Å²) in [6.45, 7) is 2.28. The molecule has 0 atom stereocenters. The maximum Gasteiger partial charge on any atom is 0.331 e. The van der Waals surface area contributed by atoms with Gasteiger partial charge in [-0.1, -0.05) is 31.2 Å². The van der Waals surface area contributed by atoms with Gasteiger partial charge in [-0.25, -0.2) is 9.18 Å². The van der Waals surface area contributed by atoms with Gasteiger partial charge >= 0.3 is 5.97 Å². The zero-order valence-electron chi connectivity index (χ0n) is 9.73. The molecule has 0 unspecified atom stereocenters. The summed E-state index contributed by atoms with van der Waals surface area (Å²) in [4.78, 5) is 11.2. The summed E-state index contributed by atoms with van der Waals surface area (Å²) in [6.07, 6.45) is 7.56. The van der Waals surface area contributed by atoms with Crippen molar-refractivity contribution in [3.05, 3.63) is 53.9 Å². The van der Waals surface area contributed by atoms with E-state index in [9.17, 15) is 9.18 Å². The molecule has 17 heavy (non-hydrogen) atoms. The Bertz CT molecular complexity index is 405. The molecule has 0 spiro atoms. The average Bonchev–Trinajstić information content (AvgIpc) is 2.34. The zero-order chi connectivity index (χ0) is 12.5. The summed E-state index contributed by atoms with van der Waals surface area (Å²) in [7, 11) is 0. The van der Waals surface area contributed by atoms with Crippen molar-refractivity contribution < 1.29 is 13.9 Å². The lowest BCUT2D eigenvalue weighted by Crippen LogP contribution is -1.99. The maximum atomic E-state index is 12.6. The molecule has 1 aromatic carbocycles. The monoisotopic (exact) mass is 234 g/mol. The van der Waals surface area contributed by atoms with E-state index in [1.165, 1.54) is 18.2 Å². The molecule has 0 aliphatic heterocycles. The van der Waals surface area contributed by atoms with Gasteiger partial charge in [0.05, 0.1) is 0 Å². The van der Waals surface area contributed by atoms with Crippen molar-refractivity contribution in [2.75, 3.05) is 6.61 Å². The minimum atomic E-state index is -0.407. The van der Waals surface area contributed by atoms with Crippen LogP contribution in [0.4, 0.5) is 4.39 Å². The van der Waals surface area contributed by atoms with E-state index in [-0.39, 0.29) is 12.4 Å². The molecule has 0 bridgehead atoms. The van der Waals surface area contributed by atoms with Crippen LogP contribution in [0, 0.1) is 5.82 Å². The van der Waals surface area contributed by atoms with E-state index < -0.39 is 5.97 Å². The van der Waals surface area contributed by atoms with Gasteiger partial charge in [0.25, 0.3) is 0 Å². The van der Waals surface area contributed by atoms with Crippen molar-refractivity contribution in [3.63, 3.8) is 0 Å². The zero-order valence-corrected chi connectivity index (χ0v) is 9.73. The maximum absolute atomic E-state index is 12.6. The average molecular weight is 234 g/mol. The fourth-order valence-corrected chi connectivity index (χ4v) is 1.15. The molecule has 0 aliphatic carbocycles. The Hall–Kier alpha value is -1.90. The molecular weight excluding hydrogens is 219 g/mol. The number of benzene rings is 1. The van der Waals surface area contributed by atoms with E-state index in [2.05, 4.69) is 0 Å². The Morgan fingerprint density at radius 1 is 1.29 bits per heavy atom. The summed E-state index contributed by atoms with van der Waals surface area (Å²) in [6, 6.07) is 5.87. The van der Waals surface area contributed by atoms with Crippen LogP contribution in [0.25, 0.3) is 6.08 Å². The summed E-state index contributed by atoms with van der Waals surface area (Å²) in [5.74, 6) is -0.704. The van der Waals surface area contributed by atoms with E-state index in [1.54, 1.807) is 24.3 Å². The number of esters is 1. The first kappa shape index (κ1) is 13.2. The van der Waals surface area contributed by atoms with Gasteiger partial charge in [0.15, 0.2) is 0 Å². The molecular formula is C14H15FO2. The summed E-state index contributed by atoms with van der Waals surface area (Å²) in [5.41, 5.74) is 0.757. The number of carbonyl (C=O) groups is 1. The lowest BCUT2D eigenvalue weighted by molar-refractivity contribution is -0.136. The van der Waals surface area contributed by atoms with Crippen LogP contribution >= 0.6 is 0 Å². The van der Waals surface area contributed by atoms with Crippen molar-refractivity contribution in [3.8, 4) is 0 Å². The standard InChI is InChI=1S/C14H15FO2/c1-2-3-4-11-17-14(16)10-7-12-5-8-13(15)9-6-12/h3-10H,2,11H2,1H3/b4-3+,10-7+. The molecule has 0 aliphatic rings. The third kappa shape index (κ3) is 5.66. The minimum absolute atomic E-state index is 0.278. The minimum Gasteiger partial charge on any atom is -0.458 e. The number of hydrogen-bond donors (Lipinski definition) is 0. The van der Waals surface area contributed by atoms with Crippen LogP contribution in [0.15, 0.2) is 42.5 Å². The number of ether oxygens (including phenoxy) is 1. The van der Waals surface area contributed by atoms with Crippen molar-refractivity contribution in [1.82, 2.24) is 0 Å². The second-order valence-corrected chi connectivity index (χ2v) is 3.39. The Kier molecular flexibility index (Phi) is 5.72. The van der Waals surface area contributed by atoms with Gasteiger partial charge in [0.2, 0.25) is 0 Å². The van der Waals surface area contributed by atoms with Crippen LogP contribution in [0.5, 0.6) is 0 Å². The molecule has 0 aromatic heterocycles. The third-order valence-corrected chi connectivity index (χ3v) is 2.01. The van der Waals surface area contributed by atoms with E-state index in [0.29, 0.717) is 0 Å². The Morgan fingerprint density at radius 2 is 2.00 bits per heavy atom. The number of hydrogen-bond acceptors (Lipinski definition) is 2. The van der Waals surface area contributed by atoms with Crippen LogP contribution in [0.2, 0.25) is 0 Å². The highest BCUT2D eigenvalue weighted by molar-refractivity contribution is 5.87. The quantitative estimate of drug-likeness (QED) is 0.443. The van der Waals surface area contributed by atoms with Crippen molar-refractivity contribution in [1.29, 1.82) is 0 Å². The molecule has 0 N–H and O–H groups in total. The van der Waals surface area contributed by atoms with Crippen molar-refractivity contribution in [2.45, 2.75) is 13.3 Å². The van der Waals surface area contributed by atoms with Gasteiger partial charge < -0.3 is 4.74 Å².